The summed E-state index contributed by atoms with van der Waals surface area (Å²) >= 11 is 0. The van der Waals surface area contributed by atoms with Crippen LogP contribution in [-0.2, 0) is 15.8 Å². The van der Waals surface area contributed by atoms with Gasteiger partial charge < -0.3 is 19.0 Å². The summed E-state index contributed by atoms with van der Waals surface area (Å²) in [5.74, 6) is 0.760. The monoisotopic (exact) mass is 478 g/mol. The van der Waals surface area contributed by atoms with Crippen LogP contribution in [-0.4, -0.2) is 39.9 Å². The zero-order chi connectivity index (χ0) is 24.6. The molecule has 0 amide bonds. The predicted molar refractivity (Wildman–Crippen MR) is 141 cm³/mol. The zero-order valence-corrected chi connectivity index (χ0v) is 22.0. The van der Waals surface area contributed by atoms with E-state index in [-0.39, 0.29) is 23.7 Å². The fourth-order valence-electron chi connectivity index (χ4n) is 4.39. The normalized spacial score (nSPS) is 13.9. The molecule has 0 aromatic heterocycles. The zero-order valence-electron chi connectivity index (χ0n) is 21.0. The van der Waals surface area contributed by atoms with Gasteiger partial charge in [-0.15, -0.1) is 0 Å². The van der Waals surface area contributed by atoms with Gasteiger partial charge in [-0.2, -0.15) is 0 Å². The Bertz CT molecular complexity index is 945. The molecule has 2 atom stereocenters. The van der Waals surface area contributed by atoms with Crippen LogP contribution in [0.5, 0.6) is 5.75 Å². The highest BCUT2D eigenvalue weighted by atomic mass is 28.4. The summed E-state index contributed by atoms with van der Waals surface area (Å²) in [7, 11) is -1.01. The Labute approximate surface area is 205 Å². The largest absolute Gasteiger partial charge is 0.497 e. The van der Waals surface area contributed by atoms with E-state index < -0.39 is 8.32 Å². The number of aliphatic hydroxyl groups is 1. The predicted octanol–water partition coefficient (Wildman–Crippen LogP) is 4.79. The third kappa shape index (κ3) is 5.97. The molecule has 0 unspecified atom stereocenters. The molecule has 0 aliphatic carbocycles. The fourth-order valence-corrected chi connectivity index (χ4v) is 8.96. The molecule has 182 valence electrons. The second-order valence-electron chi connectivity index (χ2n) is 9.83. The van der Waals surface area contributed by atoms with Crippen LogP contribution in [0.3, 0.4) is 0 Å². The first-order valence-corrected chi connectivity index (χ1v) is 13.8. The van der Waals surface area contributed by atoms with Crippen molar-refractivity contribution in [3.05, 3.63) is 90.5 Å². The molecule has 4 nitrogen and oxygen atoms in total. The summed E-state index contributed by atoms with van der Waals surface area (Å²) in [6.07, 6.45) is -0.242. The first-order valence-electron chi connectivity index (χ1n) is 11.9. The minimum Gasteiger partial charge on any atom is -0.497 e. The molecular weight excluding hydrogens is 440 g/mol. The molecule has 3 rings (SSSR count). The minimum absolute atomic E-state index is 0.0391. The highest BCUT2D eigenvalue weighted by Gasteiger charge is 2.50. The van der Waals surface area contributed by atoms with Gasteiger partial charge in [0.25, 0.3) is 8.32 Å². The summed E-state index contributed by atoms with van der Waals surface area (Å²) in [5, 5.41) is 12.3. The maximum atomic E-state index is 9.95. The first-order chi connectivity index (χ1) is 16.3. The Morgan fingerprint density at radius 1 is 0.824 bits per heavy atom. The van der Waals surface area contributed by atoms with Gasteiger partial charge in [0.15, 0.2) is 0 Å². The van der Waals surface area contributed by atoms with Crippen LogP contribution in [0.4, 0.5) is 0 Å². The third-order valence-corrected chi connectivity index (χ3v) is 11.4. The Hall–Kier alpha value is -2.44. The lowest BCUT2D eigenvalue weighted by Crippen LogP contribution is -2.67. The van der Waals surface area contributed by atoms with Crippen LogP contribution in [0.1, 0.15) is 33.3 Å². The van der Waals surface area contributed by atoms with Crippen LogP contribution < -0.4 is 15.1 Å². The van der Waals surface area contributed by atoms with E-state index >= 15 is 0 Å². The average Bonchev–Trinajstić information content (AvgIpc) is 2.86. The number of rotatable bonds is 11. The molecular formula is C29H38O4Si. The van der Waals surface area contributed by atoms with Gasteiger partial charge in [-0.3, -0.25) is 0 Å². The molecule has 3 aromatic carbocycles. The minimum atomic E-state index is -2.67. The quantitative estimate of drug-likeness (QED) is 0.403. The van der Waals surface area contributed by atoms with E-state index in [1.807, 2.05) is 43.3 Å². The Balaban J connectivity index is 1.90. The smallest absolute Gasteiger partial charge is 0.261 e. The molecule has 0 heterocycles. The van der Waals surface area contributed by atoms with Crippen molar-refractivity contribution in [3.8, 4) is 5.75 Å². The lowest BCUT2D eigenvalue weighted by Gasteiger charge is -2.44. The number of hydrogen-bond acceptors (Lipinski definition) is 4. The molecule has 34 heavy (non-hydrogen) atoms. The third-order valence-electron chi connectivity index (χ3n) is 6.43. The molecule has 0 aliphatic heterocycles. The van der Waals surface area contributed by atoms with Gasteiger partial charge in [-0.05, 0) is 33.1 Å². The van der Waals surface area contributed by atoms with Gasteiger partial charge in [-0.25, -0.2) is 0 Å². The van der Waals surface area contributed by atoms with Gasteiger partial charge in [0.05, 0.1) is 26.4 Å². The summed E-state index contributed by atoms with van der Waals surface area (Å²) in [6, 6.07) is 29.1. The average molecular weight is 479 g/mol. The van der Waals surface area contributed by atoms with Crippen molar-refractivity contribution in [1.82, 2.24) is 0 Å². The van der Waals surface area contributed by atoms with Crippen molar-refractivity contribution in [2.24, 2.45) is 5.92 Å². The molecule has 0 saturated heterocycles. The number of aliphatic hydroxyl groups excluding tert-OH is 1. The van der Waals surface area contributed by atoms with Gasteiger partial charge in [0, 0.05) is 12.5 Å². The maximum Gasteiger partial charge on any atom is 0.261 e. The highest BCUT2D eigenvalue weighted by molar-refractivity contribution is 6.99. The van der Waals surface area contributed by atoms with Crippen LogP contribution in [0.2, 0.25) is 5.04 Å². The van der Waals surface area contributed by atoms with Gasteiger partial charge in [0.2, 0.25) is 0 Å². The van der Waals surface area contributed by atoms with E-state index in [0.717, 1.165) is 11.3 Å². The van der Waals surface area contributed by atoms with E-state index in [1.165, 1.54) is 10.4 Å². The molecule has 0 aliphatic rings. The highest BCUT2D eigenvalue weighted by Crippen LogP contribution is 2.37. The van der Waals surface area contributed by atoms with Crippen LogP contribution in [0.25, 0.3) is 0 Å². The number of methoxy groups -OCH3 is 1. The van der Waals surface area contributed by atoms with Crippen molar-refractivity contribution >= 4 is 18.7 Å². The summed E-state index contributed by atoms with van der Waals surface area (Å²) < 4.78 is 18.6. The first kappa shape index (κ1) is 26.2. The van der Waals surface area contributed by atoms with E-state index in [2.05, 4.69) is 69.3 Å². The number of benzene rings is 3. The lowest BCUT2D eigenvalue weighted by molar-refractivity contribution is -0.0371. The van der Waals surface area contributed by atoms with E-state index in [1.54, 1.807) is 7.11 Å². The van der Waals surface area contributed by atoms with Gasteiger partial charge in [-0.1, -0.05) is 100 Å². The second kappa shape index (κ2) is 11.8. The van der Waals surface area contributed by atoms with Crippen molar-refractivity contribution in [3.63, 3.8) is 0 Å². The molecule has 0 saturated carbocycles. The Morgan fingerprint density at radius 2 is 1.35 bits per heavy atom. The second-order valence-corrected chi connectivity index (χ2v) is 14.1. The van der Waals surface area contributed by atoms with Crippen molar-refractivity contribution in [1.29, 1.82) is 0 Å². The Morgan fingerprint density at radius 3 is 1.79 bits per heavy atom. The lowest BCUT2D eigenvalue weighted by atomic mass is 10.1. The summed E-state index contributed by atoms with van der Waals surface area (Å²) in [4.78, 5) is 0. The van der Waals surface area contributed by atoms with Crippen molar-refractivity contribution in [2.45, 2.75) is 45.4 Å². The maximum absolute atomic E-state index is 9.95. The van der Waals surface area contributed by atoms with Crippen molar-refractivity contribution in [2.75, 3.05) is 20.3 Å². The van der Waals surface area contributed by atoms with E-state index in [0.29, 0.717) is 13.2 Å². The number of ether oxygens (including phenoxy) is 2. The van der Waals surface area contributed by atoms with E-state index in [4.69, 9.17) is 13.9 Å². The molecule has 1 N–H and O–H groups in total. The molecule has 3 aromatic rings. The SMILES string of the molecule is COc1ccc(CO[C@H](CO[Si](c2ccccc2)(c2ccccc2)C(C)(C)C)[C@H](C)CO)cc1. The van der Waals surface area contributed by atoms with Crippen molar-refractivity contribution < 1.29 is 19.0 Å². The number of hydrogen-bond donors (Lipinski definition) is 1. The standard InChI is InChI=1S/C29H38O4Si/c1-23(20-30)28(32-21-24-16-18-25(31-5)19-17-24)22-33-34(29(2,3)4,26-12-8-6-9-13-26)27-14-10-7-11-15-27/h6-19,23,28,30H,20-22H2,1-5H3/t23-,28-/m1/s1. The van der Waals surface area contributed by atoms with Gasteiger partial charge >= 0.3 is 0 Å². The van der Waals surface area contributed by atoms with Crippen LogP contribution in [0.15, 0.2) is 84.9 Å². The molecule has 5 heteroatoms. The summed E-state index contributed by atoms with van der Waals surface area (Å²) in [5.41, 5.74) is 1.06. The van der Waals surface area contributed by atoms with E-state index in [9.17, 15) is 5.11 Å². The fraction of sp³-hybridized carbons (Fsp3) is 0.379. The molecule has 0 spiro atoms. The summed E-state index contributed by atoms with van der Waals surface area (Å²) in [6.45, 7) is 9.70. The molecule has 0 radical (unpaired) electrons. The molecule has 0 bridgehead atoms. The van der Waals surface area contributed by atoms with Gasteiger partial charge in [0.1, 0.15) is 5.75 Å². The Kier molecular flexibility index (Phi) is 9.08. The topological polar surface area (TPSA) is 47.9 Å². The van der Waals surface area contributed by atoms with Crippen LogP contribution in [0, 0.1) is 5.92 Å². The molecule has 0 fully saturated rings. The van der Waals surface area contributed by atoms with Crippen LogP contribution >= 0.6 is 0 Å².